The van der Waals surface area contributed by atoms with Crippen molar-refractivity contribution in [3.05, 3.63) is 53.7 Å². The van der Waals surface area contributed by atoms with Gasteiger partial charge in [-0.15, -0.1) is 0 Å². The summed E-state index contributed by atoms with van der Waals surface area (Å²) in [6.45, 7) is 0.380. The van der Waals surface area contributed by atoms with E-state index in [-0.39, 0.29) is 12.3 Å². The van der Waals surface area contributed by atoms with Crippen LogP contribution in [0.25, 0.3) is 0 Å². The van der Waals surface area contributed by atoms with Crippen LogP contribution in [0.3, 0.4) is 0 Å². The average molecular weight is 286 g/mol. The van der Waals surface area contributed by atoms with E-state index in [4.69, 9.17) is 9.47 Å². The predicted octanol–water partition coefficient (Wildman–Crippen LogP) is 1.96. The van der Waals surface area contributed by atoms with Gasteiger partial charge in [0.25, 0.3) is 0 Å². The first-order valence-electron chi connectivity index (χ1n) is 6.61. The van der Waals surface area contributed by atoms with Crippen LogP contribution >= 0.6 is 0 Å². The molecule has 0 spiro atoms. The third-order valence-corrected chi connectivity index (χ3v) is 3.06. The fourth-order valence-corrected chi connectivity index (χ4v) is 2.02. The molecular weight excluding hydrogens is 268 g/mol. The maximum atomic E-state index is 12.0. The van der Waals surface area contributed by atoms with Crippen LogP contribution in [0.15, 0.2) is 42.6 Å². The highest BCUT2D eigenvalue weighted by Gasteiger charge is 2.09. The number of para-hydroxylation sites is 1. The summed E-state index contributed by atoms with van der Waals surface area (Å²) in [5, 5.41) is 2.86. The third kappa shape index (κ3) is 3.95. The number of pyridine rings is 1. The Morgan fingerprint density at radius 3 is 2.62 bits per heavy atom. The molecule has 1 heterocycles. The zero-order chi connectivity index (χ0) is 15.1. The lowest BCUT2D eigenvalue weighted by Crippen LogP contribution is -2.25. The van der Waals surface area contributed by atoms with Crippen molar-refractivity contribution in [2.45, 2.75) is 13.0 Å². The maximum absolute atomic E-state index is 12.0. The van der Waals surface area contributed by atoms with Crippen LogP contribution in [0.4, 0.5) is 0 Å². The quantitative estimate of drug-likeness (QED) is 0.882. The number of nitrogens with zero attached hydrogens (tertiary/aromatic N) is 1. The Bertz CT molecular complexity index is 614. The van der Waals surface area contributed by atoms with E-state index in [0.29, 0.717) is 18.2 Å². The Hall–Kier alpha value is -2.56. The van der Waals surface area contributed by atoms with Crippen molar-refractivity contribution >= 4 is 5.91 Å². The van der Waals surface area contributed by atoms with E-state index in [1.54, 1.807) is 20.4 Å². The van der Waals surface area contributed by atoms with Crippen LogP contribution in [0.1, 0.15) is 11.1 Å². The van der Waals surface area contributed by atoms with Crippen molar-refractivity contribution in [2.75, 3.05) is 14.2 Å². The fraction of sp³-hybridized carbons (Fsp3) is 0.250. The van der Waals surface area contributed by atoms with E-state index in [1.165, 1.54) is 0 Å². The van der Waals surface area contributed by atoms with Crippen molar-refractivity contribution in [3.8, 4) is 11.6 Å². The molecule has 1 amide bonds. The number of amides is 1. The zero-order valence-electron chi connectivity index (χ0n) is 12.1. The summed E-state index contributed by atoms with van der Waals surface area (Å²) in [7, 11) is 3.15. The van der Waals surface area contributed by atoms with E-state index in [0.717, 1.165) is 11.1 Å². The minimum atomic E-state index is -0.0783. The summed E-state index contributed by atoms with van der Waals surface area (Å²) in [4.78, 5) is 16.1. The van der Waals surface area contributed by atoms with Crippen LogP contribution in [0, 0.1) is 0 Å². The van der Waals surface area contributed by atoms with Gasteiger partial charge in [0.1, 0.15) is 5.75 Å². The summed E-state index contributed by atoms with van der Waals surface area (Å²) in [6.07, 6.45) is 1.92. The normalized spacial score (nSPS) is 10.0. The zero-order valence-corrected chi connectivity index (χ0v) is 12.1. The smallest absolute Gasteiger partial charge is 0.224 e. The van der Waals surface area contributed by atoms with Gasteiger partial charge < -0.3 is 14.8 Å². The van der Waals surface area contributed by atoms with E-state index in [9.17, 15) is 4.79 Å². The van der Waals surface area contributed by atoms with Gasteiger partial charge in [0.15, 0.2) is 0 Å². The van der Waals surface area contributed by atoms with Crippen LogP contribution in [0.5, 0.6) is 11.6 Å². The number of nitrogens with one attached hydrogen (secondary N) is 1. The molecule has 0 aliphatic rings. The monoisotopic (exact) mass is 286 g/mol. The number of ether oxygens (including phenoxy) is 2. The molecule has 0 fully saturated rings. The van der Waals surface area contributed by atoms with Gasteiger partial charge in [-0.2, -0.15) is 0 Å². The predicted molar refractivity (Wildman–Crippen MR) is 79.3 cm³/mol. The number of hydrogen-bond donors (Lipinski definition) is 1. The second kappa shape index (κ2) is 7.28. The van der Waals surface area contributed by atoms with Crippen molar-refractivity contribution in [2.24, 2.45) is 0 Å². The highest BCUT2D eigenvalue weighted by atomic mass is 16.5. The van der Waals surface area contributed by atoms with Gasteiger partial charge in [-0.25, -0.2) is 4.98 Å². The molecule has 0 bridgehead atoms. The molecule has 5 heteroatoms. The molecule has 1 aromatic carbocycles. The summed E-state index contributed by atoms with van der Waals surface area (Å²) in [6, 6.07) is 11.2. The summed E-state index contributed by atoms with van der Waals surface area (Å²) in [5.41, 5.74) is 1.70. The summed E-state index contributed by atoms with van der Waals surface area (Å²) < 4.78 is 10.4. The Balaban J connectivity index is 1.96. The lowest BCUT2D eigenvalue weighted by Gasteiger charge is -2.10. The van der Waals surface area contributed by atoms with Crippen molar-refractivity contribution < 1.29 is 14.3 Å². The fourth-order valence-electron chi connectivity index (χ4n) is 2.02. The first kappa shape index (κ1) is 14.8. The third-order valence-electron chi connectivity index (χ3n) is 3.06. The summed E-state index contributed by atoms with van der Waals surface area (Å²) >= 11 is 0. The molecule has 5 nitrogen and oxygen atoms in total. The van der Waals surface area contributed by atoms with E-state index in [2.05, 4.69) is 10.3 Å². The number of benzene rings is 1. The maximum Gasteiger partial charge on any atom is 0.224 e. The molecule has 0 saturated carbocycles. The number of carbonyl (C=O) groups excluding carboxylic acids is 1. The van der Waals surface area contributed by atoms with E-state index < -0.39 is 0 Å². The highest BCUT2D eigenvalue weighted by molar-refractivity contribution is 5.79. The number of methoxy groups -OCH3 is 2. The second-order valence-electron chi connectivity index (χ2n) is 4.44. The van der Waals surface area contributed by atoms with E-state index >= 15 is 0 Å². The number of rotatable bonds is 6. The number of carbonyl (C=O) groups is 1. The van der Waals surface area contributed by atoms with Crippen molar-refractivity contribution in [1.29, 1.82) is 0 Å². The van der Waals surface area contributed by atoms with Gasteiger partial charge in [-0.1, -0.05) is 24.3 Å². The molecule has 0 radical (unpaired) electrons. The lowest BCUT2D eigenvalue weighted by atomic mass is 10.1. The van der Waals surface area contributed by atoms with Gasteiger partial charge in [0.05, 0.1) is 20.6 Å². The van der Waals surface area contributed by atoms with Crippen molar-refractivity contribution in [1.82, 2.24) is 10.3 Å². The molecule has 0 saturated heterocycles. The van der Waals surface area contributed by atoms with Gasteiger partial charge in [-0.05, 0) is 12.1 Å². The Kier molecular flexibility index (Phi) is 5.15. The first-order valence-corrected chi connectivity index (χ1v) is 6.61. The first-order chi connectivity index (χ1) is 10.2. The Labute approximate surface area is 123 Å². The number of aromatic nitrogens is 1. The van der Waals surface area contributed by atoms with Gasteiger partial charge in [-0.3, -0.25) is 4.79 Å². The molecule has 0 aliphatic heterocycles. The Morgan fingerprint density at radius 1 is 1.10 bits per heavy atom. The molecule has 2 rings (SSSR count). The largest absolute Gasteiger partial charge is 0.496 e. The van der Waals surface area contributed by atoms with Crippen LogP contribution in [-0.2, 0) is 17.8 Å². The molecule has 0 unspecified atom stereocenters. The van der Waals surface area contributed by atoms with Gasteiger partial charge in [0, 0.05) is 23.9 Å². The molecule has 0 atom stereocenters. The number of hydrogen-bond acceptors (Lipinski definition) is 4. The molecule has 21 heavy (non-hydrogen) atoms. The molecule has 0 aliphatic carbocycles. The summed E-state index contributed by atoms with van der Waals surface area (Å²) in [5.74, 6) is 1.16. The molecule has 2 aromatic rings. The lowest BCUT2D eigenvalue weighted by molar-refractivity contribution is -0.120. The van der Waals surface area contributed by atoms with Crippen LogP contribution < -0.4 is 14.8 Å². The standard InChI is InChI=1S/C16H18N2O3/c1-20-14-8-4-3-6-12(14)10-15(19)18-11-13-7-5-9-17-16(13)21-2/h3-9H,10-11H2,1-2H3,(H,18,19). The molecule has 1 N–H and O–H groups in total. The topological polar surface area (TPSA) is 60.5 Å². The van der Waals surface area contributed by atoms with Crippen LogP contribution in [0.2, 0.25) is 0 Å². The minimum Gasteiger partial charge on any atom is -0.496 e. The Morgan fingerprint density at radius 2 is 1.86 bits per heavy atom. The highest BCUT2D eigenvalue weighted by Crippen LogP contribution is 2.18. The average Bonchev–Trinajstić information content (AvgIpc) is 2.53. The van der Waals surface area contributed by atoms with Gasteiger partial charge >= 0.3 is 0 Å². The molecular formula is C16H18N2O3. The van der Waals surface area contributed by atoms with Crippen molar-refractivity contribution in [3.63, 3.8) is 0 Å². The van der Waals surface area contributed by atoms with Crippen LogP contribution in [-0.4, -0.2) is 25.1 Å². The van der Waals surface area contributed by atoms with Gasteiger partial charge in [0.2, 0.25) is 11.8 Å². The van der Waals surface area contributed by atoms with E-state index in [1.807, 2.05) is 36.4 Å². The SMILES string of the molecule is COc1ccccc1CC(=O)NCc1cccnc1OC. The molecule has 1 aromatic heterocycles. The minimum absolute atomic E-state index is 0.0783. The second-order valence-corrected chi connectivity index (χ2v) is 4.44. The molecule has 110 valence electrons.